The second kappa shape index (κ2) is 9.41. The van der Waals surface area contributed by atoms with Gasteiger partial charge in [0.1, 0.15) is 12.4 Å². The Morgan fingerprint density at radius 3 is 2.46 bits per heavy atom. The molecule has 0 aliphatic heterocycles. The topological polar surface area (TPSA) is 69.7 Å². The van der Waals surface area contributed by atoms with E-state index in [0.717, 1.165) is 16.9 Å². The average Bonchev–Trinajstić information content (AvgIpc) is 2.73. The lowest BCUT2D eigenvalue weighted by Gasteiger charge is -2.13. The van der Waals surface area contributed by atoms with Crippen LogP contribution in [0.25, 0.3) is 0 Å². The van der Waals surface area contributed by atoms with Crippen LogP contribution in [0.15, 0.2) is 67.0 Å². The number of nitrogens with zero attached hydrogens (tertiary/aromatic N) is 1. The van der Waals surface area contributed by atoms with Gasteiger partial charge in [0.05, 0.1) is 20.6 Å². The molecule has 2 aromatic carbocycles. The number of aromatic nitrogens is 1. The van der Waals surface area contributed by atoms with Crippen molar-refractivity contribution in [2.45, 2.75) is 13.0 Å². The van der Waals surface area contributed by atoms with E-state index in [-0.39, 0.29) is 12.3 Å². The zero-order valence-electron chi connectivity index (χ0n) is 15.8. The highest BCUT2D eigenvalue weighted by molar-refractivity contribution is 5.92. The molecule has 6 nitrogen and oxygen atoms in total. The van der Waals surface area contributed by atoms with E-state index >= 15 is 0 Å². The van der Waals surface area contributed by atoms with Crippen LogP contribution in [0.3, 0.4) is 0 Å². The summed E-state index contributed by atoms with van der Waals surface area (Å²) in [6.07, 6.45) is 3.72. The number of hydrogen-bond acceptors (Lipinski definition) is 5. The van der Waals surface area contributed by atoms with Crippen molar-refractivity contribution in [1.82, 2.24) is 4.98 Å². The molecule has 3 rings (SSSR count). The Kier molecular flexibility index (Phi) is 6.46. The maximum absolute atomic E-state index is 12.4. The Morgan fingerprint density at radius 1 is 0.964 bits per heavy atom. The van der Waals surface area contributed by atoms with Crippen molar-refractivity contribution in [3.8, 4) is 17.2 Å². The molecule has 0 aliphatic carbocycles. The summed E-state index contributed by atoms with van der Waals surface area (Å²) < 4.78 is 16.3. The van der Waals surface area contributed by atoms with Crippen LogP contribution >= 0.6 is 0 Å². The number of amides is 1. The Bertz CT molecular complexity index is 912. The van der Waals surface area contributed by atoms with Gasteiger partial charge in [0.15, 0.2) is 11.5 Å². The lowest BCUT2D eigenvalue weighted by atomic mass is 10.1. The summed E-state index contributed by atoms with van der Waals surface area (Å²) in [5.74, 6) is 1.79. The fraction of sp³-hybridized carbons (Fsp3) is 0.182. The predicted molar refractivity (Wildman–Crippen MR) is 107 cm³/mol. The SMILES string of the molecule is COc1ccc(CC(=O)Nc2ccc(OC)c(OCc3cccnc3)c2)cc1. The molecular weight excluding hydrogens is 356 g/mol. The van der Waals surface area contributed by atoms with Crippen LogP contribution in [0.1, 0.15) is 11.1 Å². The van der Waals surface area contributed by atoms with Gasteiger partial charge in [-0.15, -0.1) is 0 Å². The maximum atomic E-state index is 12.4. The van der Waals surface area contributed by atoms with Crippen LogP contribution in [0.4, 0.5) is 5.69 Å². The molecule has 0 atom stereocenters. The van der Waals surface area contributed by atoms with Gasteiger partial charge >= 0.3 is 0 Å². The number of rotatable bonds is 8. The lowest BCUT2D eigenvalue weighted by molar-refractivity contribution is -0.115. The van der Waals surface area contributed by atoms with Gasteiger partial charge in [0.25, 0.3) is 0 Å². The summed E-state index contributed by atoms with van der Waals surface area (Å²) in [5, 5.41) is 2.89. The smallest absolute Gasteiger partial charge is 0.228 e. The molecule has 0 aliphatic rings. The summed E-state index contributed by atoms with van der Waals surface area (Å²) in [5.41, 5.74) is 2.49. The van der Waals surface area contributed by atoms with Crippen LogP contribution in [0.5, 0.6) is 17.2 Å². The van der Waals surface area contributed by atoms with E-state index in [1.807, 2.05) is 36.4 Å². The highest BCUT2D eigenvalue weighted by Gasteiger charge is 2.10. The summed E-state index contributed by atoms with van der Waals surface area (Å²) in [6, 6.07) is 16.5. The van der Waals surface area contributed by atoms with Crippen LogP contribution in [-0.4, -0.2) is 25.1 Å². The molecule has 0 spiro atoms. The predicted octanol–water partition coefficient (Wildman–Crippen LogP) is 3.86. The molecule has 3 aromatic rings. The first-order valence-electron chi connectivity index (χ1n) is 8.80. The molecule has 6 heteroatoms. The van der Waals surface area contributed by atoms with Crippen LogP contribution in [0, 0.1) is 0 Å². The van der Waals surface area contributed by atoms with Crippen LogP contribution < -0.4 is 19.5 Å². The van der Waals surface area contributed by atoms with Crippen molar-refractivity contribution in [2.75, 3.05) is 19.5 Å². The van der Waals surface area contributed by atoms with Crippen molar-refractivity contribution >= 4 is 11.6 Å². The van der Waals surface area contributed by atoms with E-state index in [0.29, 0.717) is 23.8 Å². The second-order valence-corrected chi connectivity index (χ2v) is 6.09. The third-order valence-electron chi connectivity index (χ3n) is 4.09. The molecule has 28 heavy (non-hydrogen) atoms. The van der Waals surface area contributed by atoms with Gasteiger partial charge in [-0.05, 0) is 35.9 Å². The zero-order valence-corrected chi connectivity index (χ0v) is 15.8. The normalized spacial score (nSPS) is 10.2. The van der Waals surface area contributed by atoms with E-state index in [2.05, 4.69) is 10.3 Å². The van der Waals surface area contributed by atoms with E-state index in [1.165, 1.54) is 0 Å². The molecule has 0 saturated carbocycles. The fourth-order valence-electron chi connectivity index (χ4n) is 2.65. The van der Waals surface area contributed by atoms with Gasteiger partial charge in [0, 0.05) is 29.7 Å². The van der Waals surface area contributed by atoms with Gasteiger partial charge in [-0.1, -0.05) is 18.2 Å². The van der Waals surface area contributed by atoms with Crippen molar-refractivity contribution in [3.05, 3.63) is 78.1 Å². The molecule has 1 heterocycles. The fourth-order valence-corrected chi connectivity index (χ4v) is 2.65. The largest absolute Gasteiger partial charge is 0.497 e. The van der Waals surface area contributed by atoms with Gasteiger partial charge in [-0.2, -0.15) is 0 Å². The molecule has 0 radical (unpaired) electrons. The monoisotopic (exact) mass is 378 g/mol. The number of nitrogens with one attached hydrogen (secondary N) is 1. The number of carbonyl (C=O) groups is 1. The van der Waals surface area contributed by atoms with E-state index in [1.54, 1.807) is 44.8 Å². The molecule has 0 bridgehead atoms. The number of methoxy groups -OCH3 is 2. The molecule has 0 fully saturated rings. The van der Waals surface area contributed by atoms with Gasteiger partial charge in [0.2, 0.25) is 5.91 Å². The molecular formula is C22H22N2O4. The van der Waals surface area contributed by atoms with E-state index in [4.69, 9.17) is 14.2 Å². The van der Waals surface area contributed by atoms with Gasteiger partial charge < -0.3 is 19.5 Å². The molecule has 1 amide bonds. The first kappa shape index (κ1) is 19.2. The average molecular weight is 378 g/mol. The Balaban J connectivity index is 1.65. The molecule has 1 aromatic heterocycles. The van der Waals surface area contributed by atoms with Crippen molar-refractivity contribution in [3.63, 3.8) is 0 Å². The number of carbonyl (C=O) groups excluding carboxylic acids is 1. The molecule has 1 N–H and O–H groups in total. The number of ether oxygens (including phenoxy) is 3. The number of benzene rings is 2. The minimum absolute atomic E-state index is 0.117. The summed E-state index contributed by atoms with van der Waals surface area (Å²) >= 11 is 0. The Hall–Kier alpha value is -3.54. The standard InChI is InChI=1S/C22H22N2O4/c1-26-19-8-5-16(6-9-19)12-22(25)24-18-7-10-20(27-2)21(13-18)28-15-17-4-3-11-23-14-17/h3-11,13-14H,12,15H2,1-2H3,(H,24,25). The highest BCUT2D eigenvalue weighted by Crippen LogP contribution is 2.31. The number of hydrogen-bond donors (Lipinski definition) is 1. The molecule has 144 valence electrons. The van der Waals surface area contributed by atoms with Crippen molar-refractivity contribution in [2.24, 2.45) is 0 Å². The highest BCUT2D eigenvalue weighted by atomic mass is 16.5. The third-order valence-corrected chi connectivity index (χ3v) is 4.09. The molecule has 0 saturated heterocycles. The first-order chi connectivity index (χ1) is 13.7. The van der Waals surface area contributed by atoms with Crippen molar-refractivity contribution < 1.29 is 19.0 Å². The van der Waals surface area contributed by atoms with Crippen molar-refractivity contribution in [1.29, 1.82) is 0 Å². The number of anilines is 1. The van der Waals surface area contributed by atoms with Crippen LogP contribution in [0.2, 0.25) is 0 Å². The van der Waals surface area contributed by atoms with Gasteiger partial charge in [-0.3, -0.25) is 9.78 Å². The zero-order chi connectivity index (χ0) is 19.8. The lowest BCUT2D eigenvalue weighted by Crippen LogP contribution is -2.14. The van der Waals surface area contributed by atoms with E-state index < -0.39 is 0 Å². The summed E-state index contributed by atoms with van der Waals surface area (Å²) in [4.78, 5) is 16.4. The summed E-state index contributed by atoms with van der Waals surface area (Å²) in [7, 11) is 3.19. The number of pyridine rings is 1. The summed E-state index contributed by atoms with van der Waals surface area (Å²) in [6.45, 7) is 0.355. The Morgan fingerprint density at radius 2 is 1.79 bits per heavy atom. The first-order valence-corrected chi connectivity index (χ1v) is 8.80. The third kappa shape index (κ3) is 5.23. The van der Waals surface area contributed by atoms with Crippen LogP contribution in [-0.2, 0) is 17.8 Å². The van der Waals surface area contributed by atoms with E-state index in [9.17, 15) is 4.79 Å². The maximum Gasteiger partial charge on any atom is 0.228 e. The minimum Gasteiger partial charge on any atom is -0.497 e. The second-order valence-electron chi connectivity index (χ2n) is 6.09. The quantitative estimate of drug-likeness (QED) is 0.645. The molecule has 0 unspecified atom stereocenters. The Labute approximate surface area is 164 Å². The van der Waals surface area contributed by atoms with Gasteiger partial charge in [-0.25, -0.2) is 0 Å². The minimum atomic E-state index is -0.117.